The normalized spacial score (nSPS) is 41.2. The van der Waals surface area contributed by atoms with Gasteiger partial charge in [0, 0.05) is 18.8 Å². The molecule has 2 saturated carbocycles. The summed E-state index contributed by atoms with van der Waals surface area (Å²) in [6.07, 6.45) is 6.46. The summed E-state index contributed by atoms with van der Waals surface area (Å²) in [4.78, 5) is 24.5. The Labute approximate surface area is 156 Å². The summed E-state index contributed by atoms with van der Waals surface area (Å²) >= 11 is 0. The second kappa shape index (κ2) is 6.33. The molecule has 0 radical (unpaired) electrons. The standard InChI is InChI=1S/C22H30O4/c1-12(2)15-7-8-22(4)17(15)6-5-16-20(19-11-26-19)14(10-25-13(3)23)9-18(24)21(16)22/h9,16-17,19-21H,5-8,10-11H2,1-4H3/t16-,17-,19+,20+,21+,22-/m1/s1. The fraction of sp³-hybridized carbons (Fsp3) is 0.727. The van der Waals surface area contributed by atoms with E-state index in [9.17, 15) is 9.59 Å². The van der Waals surface area contributed by atoms with Gasteiger partial charge in [0.15, 0.2) is 5.78 Å². The molecule has 4 aliphatic rings. The monoisotopic (exact) mass is 358 g/mol. The molecule has 0 bridgehead atoms. The molecule has 3 aliphatic carbocycles. The van der Waals surface area contributed by atoms with Crippen molar-refractivity contribution in [3.05, 3.63) is 22.8 Å². The fourth-order valence-electron chi connectivity index (χ4n) is 6.31. The van der Waals surface area contributed by atoms with E-state index in [1.165, 1.54) is 12.5 Å². The molecule has 3 fully saturated rings. The van der Waals surface area contributed by atoms with Crippen molar-refractivity contribution < 1.29 is 19.1 Å². The Bertz CT molecular complexity index is 695. The van der Waals surface area contributed by atoms with Crippen molar-refractivity contribution in [3.63, 3.8) is 0 Å². The summed E-state index contributed by atoms with van der Waals surface area (Å²) in [5, 5.41) is 0. The zero-order valence-electron chi connectivity index (χ0n) is 16.3. The molecule has 0 aromatic rings. The quantitative estimate of drug-likeness (QED) is 0.437. The highest BCUT2D eigenvalue weighted by Crippen LogP contribution is 2.63. The number of hydrogen-bond donors (Lipinski definition) is 0. The minimum atomic E-state index is -0.296. The van der Waals surface area contributed by atoms with Gasteiger partial charge in [-0.3, -0.25) is 9.59 Å². The lowest BCUT2D eigenvalue weighted by Gasteiger charge is -2.51. The van der Waals surface area contributed by atoms with Gasteiger partial charge in [-0.15, -0.1) is 0 Å². The molecule has 1 aliphatic heterocycles. The number of fused-ring (bicyclic) bond motifs is 3. The number of hydrogen-bond acceptors (Lipinski definition) is 4. The first-order valence-corrected chi connectivity index (χ1v) is 9.98. The van der Waals surface area contributed by atoms with E-state index >= 15 is 0 Å². The van der Waals surface area contributed by atoms with Crippen molar-refractivity contribution >= 4 is 11.8 Å². The largest absolute Gasteiger partial charge is 0.461 e. The van der Waals surface area contributed by atoms with Crippen LogP contribution in [-0.2, 0) is 19.1 Å². The maximum atomic E-state index is 13.2. The first-order valence-electron chi connectivity index (χ1n) is 9.98. The first kappa shape index (κ1) is 18.0. The smallest absolute Gasteiger partial charge is 0.302 e. The molecule has 4 heteroatoms. The van der Waals surface area contributed by atoms with Crippen LogP contribution in [-0.4, -0.2) is 31.1 Å². The zero-order chi connectivity index (χ0) is 18.6. The molecule has 0 unspecified atom stereocenters. The van der Waals surface area contributed by atoms with Crippen molar-refractivity contribution in [2.45, 2.75) is 59.5 Å². The van der Waals surface area contributed by atoms with Gasteiger partial charge < -0.3 is 9.47 Å². The Balaban J connectivity index is 1.69. The van der Waals surface area contributed by atoms with Crippen LogP contribution in [0.1, 0.15) is 53.4 Å². The van der Waals surface area contributed by atoms with Gasteiger partial charge in [-0.1, -0.05) is 18.1 Å². The SMILES string of the molecule is CC(=O)OCC1=CC(=O)[C@@H]2[C@H](CC[C@@H]3C(=C(C)C)CC[C@]32C)[C@H]1[C@@H]1CO1. The summed E-state index contributed by atoms with van der Waals surface area (Å²) < 4.78 is 10.9. The molecule has 4 nitrogen and oxygen atoms in total. The number of carbonyl (C=O) groups excluding carboxylic acids is 2. The number of ether oxygens (including phenoxy) is 2. The molecule has 0 N–H and O–H groups in total. The second-order valence-corrected chi connectivity index (χ2v) is 9.10. The van der Waals surface area contributed by atoms with Crippen LogP contribution >= 0.6 is 0 Å². The minimum Gasteiger partial charge on any atom is -0.461 e. The molecule has 1 saturated heterocycles. The molecule has 6 atom stereocenters. The fourth-order valence-corrected chi connectivity index (χ4v) is 6.31. The maximum absolute atomic E-state index is 13.2. The van der Waals surface area contributed by atoms with E-state index in [2.05, 4.69) is 20.8 Å². The highest BCUT2D eigenvalue weighted by Gasteiger charge is 2.59. The molecule has 0 aromatic carbocycles. The zero-order valence-corrected chi connectivity index (χ0v) is 16.3. The molecule has 0 spiro atoms. The summed E-state index contributed by atoms with van der Waals surface area (Å²) in [6.45, 7) is 9.19. The van der Waals surface area contributed by atoms with Crippen LogP contribution in [0.3, 0.4) is 0 Å². The van der Waals surface area contributed by atoms with Crippen LogP contribution in [0.15, 0.2) is 22.8 Å². The van der Waals surface area contributed by atoms with Crippen molar-refractivity contribution in [2.24, 2.45) is 29.1 Å². The van der Waals surface area contributed by atoms with Gasteiger partial charge in [-0.25, -0.2) is 0 Å². The molecule has 1 heterocycles. The van der Waals surface area contributed by atoms with Crippen LogP contribution in [0.5, 0.6) is 0 Å². The van der Waals surface area contributed by atoms with Crippen LogP contribution in [0.2, 0.25) is 0 Å². The van der Waals surface area contributed by atoms with E-state index in [1.54, 1.807) is 11.6 Å². The maximum Gasteiger partial charge on any atom is 0.302 e. The summed E-state index contributed by atoms with van der Waals surface area (Å²) in [6, 6.07) is 0. The van der Waals surface area contributed by atoms with E-state index in [-0.39, 0.29) is 41.7 Å². The van der Waals surface area contributed by atoms with E-state index in [4.69, 9.17) is 9.47 Å². The minimum absolute atomic E-state index is 0.0587. The molecule has 0 amide bonds. The van der Waals surface area contributed by atoms with Gasteiger partial charge in [0.05, 0.1) is 12.7 Å². The highest BCUT2D eigenvalue weighted by atomic mass is 16.6. The van der Waals surface area contributed by atoms with Crippen molar-refractivity contribution in [1.29, 1.82) is 0 Å². The highest BCUT2D eigenvalue weighted by molar-refractivity contribution is 5.95. The second-order valence-electron chi connectivity index (χ2n) is 9.10. The van der Waals surface area contributed by atoms with Gasteiger partial charge in [0.25, 0.3) is 0 Å². The molecule has 4 rings (SSSR count). The number of ketones is 1. The Kier molecular flexibility index (Phi) is 4.37. The van der Waals surface area contributed by atoms with Gasteiger partial charge in [-0.2, -0.15) is 0 Å². The van der Waals surface area contributed by atoms with E-state index < -0.39 is 0 Å². The predicted molar refractivity (Wildman–Crippen MR) is 98.4 cm³/mol. The number of carbonyl (C=O) groups is 2. The van der Waals surface area contributed by atoms with Gasteiger partial charge in [-0.05, 0) is 68.4 Å². The average Bonchev–Trinajstić information content (AvgIpc) is 3.33. The lowest BCUT2D eigenvalue weighted by molar-refractivity contribution is -0.141. The van der Waals surface area contributed by atoms with Crippen molar-refractivity contribution in [2.75, 3.05) is 13.2 Å². The number of rotatable bonds is 3. The third-order valence-electron chi connectivity index (χ3n) is 7.44. The van der Waals surface area contributed by atoms with Crippen LogP contribution in [0.4, 0.5) is 0 Å². The molecule has 26 heavy (non-hydrogen) atoms. The van der Waals surface area contributed by atoms with E-state index in [1.807, 2.05) is 0 Å². The van der Waals surface area contributed by atoms with Gasteiger partial charge in [0.1, 0.15) is 6.61 Å². The average molecular weight is 358 g/mol. The van der Waals surface area contributed by atoms with E-state index in [0.717, 1.165) is 37.9 Å². The van der Waals surface area contributed by atoms with Crippen molar-refractivity contribution in [3.8, 4) is 0 Å². The lowest BCUT2D eigenvalue weighted by Crippen LogP contribution is -2.51. The molecule has 0 aromatic heterocycles. The Morgan fingerprint density at radius 2 is 2.04 bits per heavy atom. The topological polar surface area (TPSA) is 55.9 Å². The molecular formula is C22H30O4. The number of allylic oxidation sites excluding steroid dienone is 3. The Morgan fingerprint density at radius 3 is 2.65 bits per heavy atom. The first-order chi connectivity index (χ1) is 12.3. The van der Waals surface area contributed by atoms with Crippen LogP contribution < -0.4 is 0 Å². The Hall–Kier alpha value is -1.42. The van der Waals surface area contributed by atoms with Gasteiger partial charge in [0.2, 0.25) is 0 Å². The number of epoxide rings is 1. The van der Waals surface area contributed by atoms with Crippen molar-refractivity contribution in [1.82, 2.24) is 0 Å². The summed E-state index contributed by atoms with van der Waals surface area (Å²) in [7, 11) is 0. The summed E-state index contributed by atoms with van der Waals surface area (Å²) in [5.41, 5.74) is 4.06. The third-order valence-corrected chi connectivity index (χ3v) is 7.44. The summed E-state index contributed by atoms with van der Waals surface area (Å²) in [5.74, 6) is 1.12. The predicted octanol–water partition coefficient (Wildman–Crippen LogP) is 3.85. The van der Waals surface area contributed by atoms with E-state index in [0.29, 0.717) is 11.8 Å². The molecular weight excluding hydrogens is 328 g/mol. The third kappa shape index (κ3) is 2.77. The Morgan fingerprint density at radius 1 is 1.31 bits per heavy atom. The lowest BCUT2D eigenvalue weighted by atomic mass is 9.51. The van der Waals surface area contributed by atoms with Gasteiger partial charge >= 0.3 is 5.97 Å². The number of esters is 1. The van der Waals surface area contributed by atoms with Crippen LogP contribution in [0.25, 0.3) is 0 Å². The van der Waals surface area contributed by atoms with Crippen LogP contribution in [0, 0.1) is 29.1 Å². The molecule has 142 valence electrons.